The molecule has 0 spiro atoms. The second-order valence-corrected chi connectivity index (χ2v) is 7.85. The van der Waals surface area contributed by atoms with E-state index in [2.05, 4.69) is 46.0 Å². The van der Waals surface area contributed by atoms with Gasteiger partial charge in [-0.1, -0.05) is 56.0 Å². The van der Waals surface area contributed by atoms with E-state index in [1.807, 2.05) is 12.1 Å². The Kier molecular flexibility index (Phi) is 7.03. The number of benzene rings is 1. The van der Waals surface area contributed by atoms with E-state index >= 15 is 0 Å². The summed E-state index contributed by atoms with van der Waals surface area (Å²) in [5.74, 6) is 0. The van der Waals surface area contributed by atoms with Gasteiger partial charge in [-0.3, -0.25) is 0 Å². The molecule has 0 aliphatic heterocycles. The molecule has 0 fully saturated rings. The molecule has 1 N–H and O–H groups in total. The lowest BCUT2D eigenvalue weighted by Gasteiger charge is -2.38. The van der Waals surface area contributed by atoms with E-state index in [9.17, 15) is 0 Å². The Labute approximate surface area is 140 Å². The summed E-state index contributed by atoms with van der Waals surface area (Å²) in [4.78, 5) is 0. The molecule has 1 aromatic carbocycles. The largest absolute Gasteiger partial charge is 0.311 e. The van der Waals surface area contributed by atoms with Gasteiger partial charge in [0.2, 0.25) is 0 Å². The lowest BCUT2D eigenvalue weighted by Crippen LogP contribution is -2.46. The second-order valence-electron chi connectivity index (χ2n) is 7.01. The molecule has 0 amide bonds. The van der Waals surface area contributed by atoms with Crippen molar-refractivity contribution in [2.45, 2.75) is 71.3 Å². The van der Waals surface area contributed by atoms with Crippen LogP contribution in [-0.4, -0.2) is 12.1 Å². The Hall–Kier alpha value is -0.240. The number of hydrogen-bond acceptors (Lipinski definition) is 1. The van der Waals surface area contributed by atoms with Gasteiger partial charge in [0.15, 0.2) is 0 Å². The molecule has 120 valence electrons. The minimum atomic E-state index is 0.0818. The molecule has 0 unspecified atom stereocenters. The van der Waals surface area contributed by atoms with E-state index < -0.39 is 0 Å². The molecular weight excluding hydrogens is 301 g/mol. The summed E-state index contributed by atoms with van der Waals surface area (Å²) in [6, 6.07) is 5.94. The minimum Gasteiger partial charge on any atom is -0.311 e. The first-order valence-corrected chi connectivity index (χ1v) is 8.70. The Morgan fingerprint density at radius 2 is 1.57 bits per heavy atom. The third-order valence-corrected chi connectivity index (χ3v) is 4.46. The molecule has 0 atom stereocenters. The molecule has 0 heterocycles. The molecule has 21 heavy (non-hydrogen) atoms. The van der Waals surface area contributed by atoms with Crippen molar-refractivity contribution in [3.05, 3.63) is 33.8 Å². The summed E-state index contributed by atoms with van der Waals surface area (Å²) in [5.41, 5.74) is 1.42. The Morgan fingerprint density at radius 3 is 2.00 bits per heavy atom. The van der Waals surface area contributed by atoms with Crippen molar-refractivity contribution < 1.29 is 0 Å². The predicted octanol–water partition coefficient (Wildman–Crippen LogP) is 6.22. The molecule has 1 rings (SSSR count). The minimum absolute atomic E-state index is 0.0818. The SMILES string of the molecule is CCCC(CCC)(CNC(C)(C)C)c1ccc(Cl)cc1Cl. The highest BCUT2D eigenvalue weighted by molar-refractivity contribution is 6.35. The van der Waals surface area contributed by atoms with Gasteiger partial charge in [0, 0.05) is 27.5 Å². The van der Waals surface area contributed by atoms with Crippen LogP contribution in [0, 0.1) is 0 Å². The topological polar surface area (TPSA) is 12.0 Å². The fraction of sp³-hybridized carbons (Fsp3) is 0.667. The van der Waals surface area contributed by atoms with E-state index in [4.69, 9.17) is 23.2 Å². The first-order chi connectivity index (χ1) is 9.74. The lowest BCUT2D eigenvalue weighted by atomic mass is 9.73. The summed E-state index contributed by atoms with van der Waals surface area (Å²) in [6.45, 7) is 12.0. The first-order valence-electron chi connectivity index (χ1n) is 7.94. The summed E-state index contributed by atoms with van der Waals surface area (Å²) in [5, 5.41) is 5.18. The van der Waals surface area contributed by atoms with E-state index in [0.717, 1.165) is 37.3 Å². The first kappa shape index (κ1) is 18.8. The molecule has 0 aliphatic carbocycles. The van der Waals surface area contributed by atoms with Crippen LogP contribution in [-0.2, 0) is 5.41 Å². The summed E-state index contributed by atoms with van der Waals surface area (Å²) >= 11 is 12.6. The van der Waals surface area contributed by atoms with Crippen LogP contribution < -0.4 is 5.32 Å². The van der Waals surface area contributed by atoms with Crippen LogP contribution in [0.4, 0.5) is 0 Å². The maximum Gasteiger partial charge on any atom is 0.0458 e. The predicted molar refractivity (Wildman–Crippen MR) is 95.7 cm³/mol. The van der Waals surface area contributed by atoms with E-state index in [1.54, 1.807) is 0 Å². The van der Waals surface area contributed by atoms with Crippen LogP contribution in [0.25, 0.3) is 0 Å². The second kappa shape index (κ2) is 7.85. The van der Waals surface area contributed by atoms with E-state index in [1.165, 1.54) is 5.56 Å². The Morgan fingerprint density at radius 1 is 1.00 bits per heavy atom. The van der Waals surface area contributed by atoms with Gasteiger partial charge >= 0.3 is 0 Å². The van der Waals surface area contributed by atoms with Crippen LogP contribution in [0.2, 0.25) is 10.0 Å². The smallest absolute Gasteiger partial charge is 0.0458 e. The van der Waals surface area contributed by atoms with Gasteiger partial charge in [-0.25, -0.2) is 0 Å². The molecule has 0 saturated heterocycles. The fourth-order valence-electron chi connectivity index (χ4n) is 2.98. The van der Waals surface area contributed by atoms with Crippen molar-refractivity contribution in [3.8, 4) is 0 Å². The molecule has 1 aromatic rings. The maximum atomic E-state index is 6.52. The quantitative estimate of drug-likeness (QED) is 0.626. The summed E-state index contributed by atoms with van der Waals surface area (Å²) in [6.07, 6.45) is 4.55. The zero-order valence-electron chi connectivity index (χ0n) is 14.0. The lowest BCUT2D eigenvalue weighted by molar-refractivity contribution is 0.292. The fourth-order valence-corrected chi connectivity index (χ4v) is 3.59. The molecule has 0 radical (unpaired) electrons. The van der Waals surface area contributed by atoms with Crippen molar-refractivity contribution in [2.75, 3.05) is 6.54 Å². The summed E-state index contributed by atoms with van der Waals surface area (Å²) < 4.78 is 0. The standard InChI is InChI=1S/C18H29Cl2N/c1-6-10-18(11-7-2,13-21-17(3,4)5)15-9-8-14(19)12-16(15)20/h8-9,12,21H,6-7,10-11,13H2,1-5H3. The van der Waals surface area contributed by atoms with Crippen LogP contribution in [0.3, 0.4) is 0 Å². The monoisotopic (exact) mass is 329 g/mol. The Balaban J connectivity index is 3.20. The van der Waals surface area contributed by atoms with Gasteiger partial charge in [0.1, 0.15) is 0 Å². The van der Waals surface area contributed by atoms with E-state index in [0.29, 0.717) is 5.02 Å². The van der Waals surface area contributed by atoms with Gasteiger partial charge < -0.3 is 5.32 Å². The molecular formula is C18H29Cl2N. The van der Waals surface area contributed by atoms with Crippen molar-refractivity contribution in [1.82, 2.24) is 5.32 Å². The highest BCUT2D eigenvalue weighted by atomic mass is 35.5. The highest BCUT2D eigenvalue weighted by Crippen LogP contribution is 2.39. The molecule has 0 saturated carbocycles. The van der Waals surface area contributed by atoms with Crippen LogP contribution >= 0.6 is 23.2 Å². The average molecular weight is 330 g/mol. The van der Waals surface area contributed by atoms with E-state index in [-0.39, 0.29) is 11.0 Å². The zero-order valence-corrected chi connectivity index (χ0v) is 15.5. The number of rotatable bonds is 7. The van der Waals surface area contributed by atoms with Gasteiger partial charge in [0.05, 0.1) is 0 Å². The molecule has 0 bridgehead atoms. The molecule has 1 nitrogen and oxygen atoms in total. The third kappa shape index (κ3) is 5.47. The van der Waals surface area contributed by atoms with Gasteiger partial charge in [-0.05, 0) is 51.3 Å². The molecule has 0 aliphatic rings. The normalized spacial score (nSPS) is 12.7. The zero-order chi connectivity index (χ0) is 16.1. The van der Waals surface area contributed by atoms with Crippen LogP contribution in [0.5, 0.6) is 0 Å². The maximum absolute atomic E-state index is 6.52. The van der Waals surface area contributed by atoms with Crippen molar-refractivity contribution >= 4 is 23.2 Å². The number of hydrogen-bond donors (Lipinski definition) is 1. The van der Waals surface area contributed by atoms with Crippen molar-refractivity contribution in [1.29, 1.82) is 0 Å². The third-order valence-electron chi connectivity index (χ3n) is 3.92. The number of nitrogens with one attached hydrogen (secondary N) is 1. The molecule has 3 heteroatoms. The van der Waals surface area contributed by atoms with Gasteiger partial charge in [0.25, 0.3) is 0 Å². The van der Waals surface area contributed by atoms with Gasteiger partial charge in [-0.2, -0.15) is 0 Å². The molecule has 0 aromatic heterocycles. The van der Waals surface area contributed by atoms with Crippen molar-refractivity contribution in [2.24, 2.45) is 0 Å². The van der Waals surface area contributed by atoms with Crippen LogP contribution in [0.1, 0.15) is 65.9 Å². The highest BCUT2D eigenvalue weighted by Gasteiger charge is 2.33. The van der Waals surface area contributed by atoms with Crippen LogP contribution in [0.15, 0.2) is 18.2 Å². The van der Waals surface area contributed by atoms with Gasteiger partial charge in [-0.15, -0.1) is 0 Å². The Bertz CT molecular complexity index is 443. The summed E-state index contributed by atoms with van der Waals surface area (Å²) in [7, 11) is 0. The number of halogens is 2. The average Bonchev–Trinajstić information content (AvgIpc) is 2.35. The van der Waals surface area contributed by atoms with Crippen molar-refractivity contribution in [3.63, 3.8) is 0 Å².